The van der Waals surface area contributed by atoms with Crippen LogP contribution in [0, 0.1) is 0 Å². The summed E-state index contributed by atoms with van der Waals surface area (Å²) < 4.78 is 18.5. The minimum Gasteiger partial charge on any atom is -0.493 e. The van der Waals surface area contributed by atoms with Crippen molar-refractivity contribution in [3.8, 4) is 22.6 Å². The first kappa shape index (κ1) is 24.1. The molecule has 33 heavy (non-hydrogen) atoms. The molecular formula is C27H33NO3S2. The van der Waals surface area contributed by atoms with Gasteiger partial charge >= 0.3 is 0 Å². The number of hydrogen-bond acceptors (Lipinski definition) is 6. The molecule has 0 bridgehead atoms. The average Bonchev–Trinajstić information content (AvgIpc) is 3.34. The molecule has 0 N–H and O–H groups in total. The first-order valence-electron chi connectivity index (χ1n) is 11.5. The first-order chi connectivity index (χ1) is 16.2. The van der Waals surface area contributed by atoms with Crippen molar-refractivity contribution in [2.24, 2.45) is 0 Å². The van der Waals surface area contributed by atoms with Gasteiger partial charge in [-0.2, -0.15) is 0 Å². The molecule has 176 valence electrons. The van der Waals surface area contributed by atoms with E-state index in [0.717, 1.165) is 50.8 Å². The molecule has 1 saturated heterocycles. The summed E-state index contributed by atoms with van der Waals surface area (Å²) in [6.07, 6.45) is 3.11. The van der Waals surface area contributed by atoms with Gasteiger partial charge < -0.3 is 14.2 Å². The summed E-state index contributed by atoms with van der Waals surface area (Å²) in [7, 11) is 1.72. The van der Waals surface area contributed by atoms with Crippen LogP contribution >= 0.6 is 23.1 Å². The largest absolute Gasteiger partial charge is 0.493 e. The van der Waals surface area contributed by atoms with Gasteiger partial charge in [-0.05, 0) is 64.4 Å². The first-order valence-corrected chi connectivity index (χ1v) is 13.6. The van der Waals surface area contributed by atoms with Gasteiger partial charge in [0.15, 0.2) is 11.5 Å². The van der Waals surface area contributed by atoms with Crippen LogP contribution in [0.4, 0.5) is 0 Å². The lowest BCUT2D eigenvalue weighted by Gasteiger charge is -2.26. The Kier molecular flexibility index (Phi) is 8.73. The summed E-state index contributed by atoms with van der Waals surface area (Å²) in [5, 5.41) is 2.27. The van der Waals surface area contributed by atoms with Crippen LogP contribution in [-0.2, 0) is 11.2 Å². The number of ether oxygens (including phenoxy) is 3. The zero-order valence-electron chi connectivity index (χ0n) is 19.7. The number of thioether (sulfide) groups is 1. The van der Waals surface area contributed by atoms with E-state index in [1.165, 1.54) is 26.5 Å². The standard InChI is InChI=1S/C27H33NO3S2/c1-20(16-22-6-4-5-7-24(22)23-18-27(32-3)33-19-23)21-8-9-25(26(17-21)29-2)31-15-12-28-10-13-30-14-11-28/h4-9,17-20H,10-16H2,1-3H3. The van der Waals surface area contributed by atoms with E-state index in [9.17, 15) is 0 Å². The van der Waals surface area contributed by atoms with E-state index in [2.05, 4.69) is 72.0 Å². The topological polar surface area (TPSA) is 30.9 Å². The third kappa shape index (κ3) is 6.33. The molecule has 3 aromatic rings. The Hall–Kier alpha value is -1.99. The Balaban J connectivity index is 1.43. The molecule has 1 fully saturated rings. The molecule has 1 aliphatic heterocycles. The monoisotopic (exact) mass is 483 g/mol. The highest BCUT2D eigenvalue weighted by Crippen LogP contribution is 2.36. The van der Waals surface area contributed by atoms with Gasteiger partial charge in [0.05, 0.1) is 24.5 Å². The van der Waals surface area contributed by atoms with Crippen molar-refractivity contribution in [3.05, 3.63) is 65.0 Å². The van der Waals surface area contributed by atoms with Gasteiger partial charge in [-0.3, -0.25) is 4.90 Å². The van der Waals surface area contributed by atoms with E-state index in [0.29, 0.717) is 12.5 Å². The van der Waals surface area contributed by atoms with Crippen molar-refractivity contribution < 1.29 is 14.2 Å². The van der Waals surface area contributed by atoms with Crippen LogP contribution in [0.1, 0.15) is 24.0 Å². The van der Waals surface area contributed by atoms with Crippen LogP contribution in [0.25, 0.3) is 11.1 Å². The molecule has 0 radical (unpaired) electrons. The van der Waals surface area contributed by atoms with Crippen LogP contribution in [0.15, 0.2) is 58.1 Å². The van der Waals surface area contributed by atoms with Gasteiger partial charge in [-0.1, -0.05) is 37.3 Å². The lowest BCUT2D eigenvalue weighted by Crippen LogP contribution is -2.38. The highest BCUT2D eigenvalue weighted by atomic mass is 32.2. The minimum atomic E-state index is 0.362. The van der Waals surface area contributed by atoms with Gasteiger partial charge in [0.1, 0.15) is 6.61 Å². The van der Waals surface area contributed by atoms with Crippen molar-refractivity contribution >= 4 is 23.1 Å². The van der Waals surface area contributed by atoms with Crippen molar-refractivity contribution in [3.63, 3.8) is 0 Å². The highest BCUT2D eigenvalue weighted by Gasteiger charge is 2.15. The summed E-state index contributed by atoms with van der Waals surface area (Å²) in [5.41, 5.74) is 5.28. The van der Waals surface area contributed by atoms with E-state index in [1.54, 1.807) is 18.9 Å². The Labute approximate surface area is 205 Å². The third-order valence-electron chi connectivity index (χ3n) is 6.16. The molecule has 4 rings (SSSR count). The van der Waals surface area contributed by atoms with Gasteiger partial charge in [-0.25, -0.2) is 0 Å². The number of rotatable bonds is 10. The molecule has 4 nitrogen and oxygen atoms in total. The fourth-order valence-electron chi connectivity index (χ4n) is 4.21. The fraction of sp³-hybridized carbons (Fsp3) is 0.407. The number of morpholine rings is 1. The second-order valence-corrected chi connectivity index (χ2v) is 10.4. The maximum atomic E-state index is 6.07. The van der Waals surface area contributed by atoms with Crippen molar-refractivity contribution in [1.29, 1.82) is 0 Å². The molecule has 2 heterocycles. The summed E-state index contributed by atoms with van der Waals surface area (Å²) >= 11 is 3.62. The Morgan fingerprint density at radius 1 is 1.09 bits per heavy atom. The normalized spacial score (nSPS) is 15.4. The zero-order chi connectivity index (χ0) is 23.0. The molecule has 0 aliphatic carbocycles. The SMILES string of the molecule is COc1cc(C(C)Cc2ccccc2-c2csc(SC)c2)ccc1OCCN1CCOCC1. The summed E-state index contributed by atoms with van der Waals surface area (Å²) in [6.45, 7) is 7.41. The maximum absolute atomic E-state index is 6.07. The lowest BCUT2D eigenvalue weighted by molar-refractivity contribution is 0.0321. The number of thiophene rings is 1. The average molecular weight is 484 g/mol. The quantitative estimate of drug-likeness (QED) is 0.320. The number of methoxy groups -OCH3 is 1. The fourth-order valence-corrected chi connectivity index (χ4v) is 5.62. The van der Waals surface area contributed by atoms with Gasteiger partial charge in [-0.15, -0.1) is 23.1 Å². The molecular weight excluding hydrogens is 450 g/mol. The molecule has 1 unspecified atom stereocenters. The summed E-state index contributed by atoms with van der Waals surface area (Å²) in [4.78, 5) is 2.37. The minimum absolute atomic E-state index is 0.362. The van der Waals surface area contributed by atoms with Gasteiger partial charge in [0.2, 0.25) is 0 Å². The number of benzene rings is 2. The van der Waals surface area contributed by atoms with Crippen molar-refractivity contribution in [2.45, 2.75) is 23.5 Å². The zero-order valence-corrected chi connectivity index (χ0v) is 21.3. The predicted molar refractivity (Wildman–Crippen MR) is 139 cm³/mol. The molecule has 2 aromatic carbocycles. The van der Waals surface area contributed by atoms with Crippen LogP contribution in [-0.4, -0.2) is 57.7 Å². The van der Waals surface area contributed by atoms with Crippen molar-refractivity contribution in [2.75, 3.05) is 52.8 Å². The maximum Gasteiger partial charge on any atom is 0.161 e. The second kappa shape index (κ2) is 11.9. The van der Waals surface area contributed by atoms with E-state index in [4.69, 9.17) is 14.2 Å². The second-order valence-electron chi connectivity index (χ2n) is 8.33. The number of nitrogens with zero attached hydrogens (tertiary/aromatic N) is 1. The molecule has 0 saturated carbocycles. The molecule has 1 aromatic heterocycles. The summed E-state index contributed by atoms with van der Waals surface area (Å²) in [5.74, 6) is 1.98. The predicted octanol–water partition coefficient (Wildman–Crippen LogP) is 6.20. The van der Waals surface area contributed by atoms with Crippen LogP contribution < -0.4 is 9.47 Å². The molecule has 1 aliphatic rings. The number of hydrogen-bond donors (Lipinski definition) is 0. The third-order valence-corrected chi connectivity index (χ3v) is 8.19. The Bertz CT molecular complexity index is 1030. The molecule has 6 heteroatoms. The molecule has 0 amide bonds. The van der Waals surface area contributed by atoms with Gasteiger partial charge in [0.25, 0.3) is 0 Å². The lowest BCUT2D eigenvalue weighted by atomic mass is 9.90. The highest BCUT2D eigenvalue weighted by molar-refractivity contribution is 8.00. The van der Waals surface area contributed by atoms with Crippen LogP contribution in [0.2, 0.25) is 0 Å². The van der Waals surface area contributed by atoms with E-state index >= 15 is 0 Å². The van der Waals surface area contributed by atoms with Crippen LogP contribution in [0.5, 0.6) is 11.5 Å². The van der Waals surface area contributed by atoms with E-state index in [-0.39, 0.29) is 0 Å². The Morgan fingerprint density at radius 3 is 2.67 bits per heavy atom. The van der Waals surface area contributed by atoms with Crippen molar-refractivity contribution in [1.82, 2.24) is 4.90 Å². The Morgan fingerprint density at radius 2 is 1.91 bits per heavy atom. The smallest absolute Gasteiger partial charge is 0.161 e. The van der Waals surface area contributed by atoms with Gasteiger partial charge in [0, 0.05) is 19.6 Å². The van der Waals surface area contributed by atoms with Crippen LogP contribution in [0.3, 0.4) is 0 Å². The molecule has 0 spiro atoms. The molecule has 1 atom stereocenters. The van der Waals surface area contributed by atoms with E-state index in [1.807, 2.05) is 11.3 Å². The van der Waals surface area contributed by atoms with E-state index < -0.39 is 0 Å². The summed E-state index contributed by atoms with van der Waals surface area (Å²) in [6, 6.07) is 17.4.